The molecule has 4 N–H and O–H groups in total. The van der Waals surface area contributed by atoms with Gasteiger partial charge in [-0.25, -0.2) is 13.9 Å². The van der Waals surface area contributed by atoms with Crippen molar-refractivity contribution in [1.29, 1.82) is 0 Å². The number of hydrogen-bond donors (Lipinski definition) is 3. The maximum Gasteiger partial charge on any atom is 0.242 e. The molecule has 0 aliphatic carbocycles. The van der Waals surface area contributed by atoms with Crippen LogP contribution in [0.25, 0.3) is 22.0 Å². The lowest BCUT2D eigenvalue weighted by Crippen LogP contribution is -2.39. The number of nitrogens with one attached hydrogen (secondary N) is 2. The van der Waals surface area contributed by atoms with Crippen LogP contribution in [0.4, 0.5) is 11.5 Å². The van der Waals surface area contributed by atoms with Crippen molar-refractivity contribution in [3.63, 3.8) is 0 Å². The van der Waals surface area contributed by atoms with Gasteiger partial charge in [-0.1, -0.05) is 48.5 Å². The van der Waals surface area contributed by atoms with Gasteiger partial charge in [0.05, 0.1) is 16.5 Å². The number of pyridine rings is 1. The standard InChI is InChI=1S/C24H22N4O2S/c1-16(28-31(30)20-10-6-3-7-11-20)24(29)26-19-12-13-22-18(14-19)15-21(23(25)27-22)17-8-4-2-5-9-17/h2-16,28H,1H3,(H2,25,27)(H,26,29)/t16-,31?/m1/s1. The fraction of sp³-hybridized carbons (Fsp3) is 0.0833. The lowest BCUT2D eigenvalue weighted by atomic mass is 10.0. The van der Waals surface area contributed by atoms with Crippen LogP contribution >= 0.6 is 0 Å². The molecule has 1 unspecified atom stereocenters. The highest BCUT2D eigenvalue weighted by atomic mass is 32.2. The second-order valence-corrected chi connectivity index (χ2v) is 8.35. The average molecular weight is 431 g/mol. The van der Waals surface area contributed by atoms with E-state index in [4.69, 9.17) is 5.73 Å². The van der Waals surface area contributed by atoms with Gasteiger partial charge in [0.15, 0.2) is 0 Å². The van der Waals surface area contributed by atoms with E-state index in [0.717, 1.165) is 22.0 Å². The molecular weight excluding hydrogens is 408 g/mol. The number of hydrogen-bond acceptors (Lipinski definition) is 4. The lowest BCUT2D eigenvalue weighted by Gasteiger charge is -2.14. The van der Waals surface area contributed by atoms with Crippen molar-refractivity contribution in [2.24, 2.45) is 0 Å². The topological polar surface area (TPSA) is 97.1 Å². The third-order valence-electron chi connectivity index (χ3n) is 4.83. The Morgan fingerprint density at radius 2 is 1.65 bits per heavy atom. The Kier molecular flexibility index (Phi) is 6.06. The molecule has 0 aliphatic heterocycles. The third-order valence-corrected chi connectivity index (χ3v) is 6.10. The number of amides is 1. The van der Waals surface area contributed by atoms with Gasteiger partial charge in [-0.3, -0.25) is 4.79 Å². The maximum atomic E-state index is 12.6. The first kappa shape index (κ1) is 20.7. The zero-order valence-electron chi connectivity index (χ0n) is 16.9. The van der Waals surface area contributed by atoms with Crippen LogP contribution in [0.2, 0.25) is 0 Å². The molecule has 0 bridgehead atoms. The zero-order valence-corrected chi connectivity index (χ0v) is 17.7. The summed E-state index contributed by atoms with van der Waals surface area (Å²) in [5, 5.41) is 3.73. The summed E-state index contributed by atoms with van der Waals surface area (Å²) in [6.45, 7) is 1.67. The van der Waals surface area contributed by atoms with Gasteiger partial charge in [-0.05, 0) is 48.9 Å². The molecule has 1 heterocycles. The van der Waals surface area contributed by atoms with E-state index in [-0.39, 0.29) is 5.91 Å². The van der Waals surface area contributed by atoms with Crippen LogP contribution in [0.5, 0.6) is 0 Å². The van der Waals surface area contributed by atoms with Crippen molar-refractivity contribution in [3.8, 4) is 11.1 Å². The smallest absolute Gasteiger partial charge is 0.242 e. The van der Waals surface area contributed by atoms with Crippen molar-refractivity contribution in [2.45, 2.75) is 17.9 Å². The second-order valence-electron chi connectivity index (χ2n) is 7.11. The summed E-state index contributed by atoms with van der Waals surface area (Å²) in [6.07, 6.45) is 0. The Morgan fingerprint density at radius 3 is 2.35 bits per heavy atom. The molecule has 4 aromatic rings. The van der Waals surface area contributed by atoms with Crippen LogP contribution in [-0.4, -0.2) is 21.1 Å². The molecule has 1 amide bonds. The van der Waals surface area contributed by atoms with Crippen LogP contribution < -0.4 is 15.8 Å². The van der Waals surface area contributed by atoms with Crippen molar-refractivity contribution in [2.75, 3.05) is 11.1 Å². The number of nitrogen functional groups attached to an aromatic ring is 1. The van der Waals surface area contributed by atoms with Crippen LogP contribution in [-0.2, 0) is 15.8 Å². The van der Waals surface area contributed by atoms with Gasteiger partial charge >= 0.3 is 0 Å². The Balaban J connectivity index is 1.52. The third kappa shape index (κ3) is 4.79. The van der Waals surface area contributed by atoms with E-state index in [1.807, 2.05) is 54.6 Å². The summed E-state index contributed by atoms with van der Waals surface area (Å²) in [6, 6.07) is 25.5. The summed E-state index contributed by atoms with van der Waals surface area (Å²) in [5.41, 5.74) is 9.34. The second kappa shape index (κ2) is 9.07. The summed E-state index contributed by atoms with van der Waals surface area (Å²) in [5.74, 6) is 0.173. The molecule has 156 valence electrons. The minimum Gasteiger partial charge on any atom is -0.383 e. The molecule has 0 saturated heterocycles. The van der Waals surface area contributed by atoms with E-state index in [1.54, 1.807) is 37.3 Å². The van der Waals surface area contributed by atoms with Crippen LogP contribution in [0.3, 0.4) is 0 Å². The molecule has 3 aromatic carbocycles. The number of carbonyl (C=O) groups is 1. The van der Waals surface area contributed by atoms with E-state index < -0.39 is 17.0 Å². The number of anilines is 2. The van der Waals surface area contributed by atoms with Gasteiger partial charge < -0.3 is 11.1 Å². The quantitative estimate of drug-likeness (QED) is 0.429. The van der Waals surface area contributed by atoms with E-state index in [2.05, 4.69) is 15.0 Å². The molecule has 0 radical (unpaired) electrons. The maximum absolute atomic E-state index is 12.6. The molecule has 2 atom stereocenters. The zero-order chi connectivity index (χ0) is 21.8. The first-order valence-electron chi connectivity index (χ1n) is 9.81. The van der Waals surface area contributed by atoms with Crippen LogP contribution in [0.15, 0.2) is 89.8 Å². The minimum atomic E-state index is -1.48. The fourth-order valence-corrected chi connectivity index (χ4v) is 4.16. The highest BCUT2D eigenvalue weighted by molar-refractivity contribution is 7.83. The molecule has 1 aromatic heterocycles. The van der Waals surface area contributed by atoms with Gasteiger partial charge in [-0.2, -0.15) is 0 Å². The van der Waals surface area contributed by atoms with E-state index >= 15 is 0 Å². The highest BCUT2D eigenvalue weighted by Gasteiger charge is 2.17. The van der Waals surface area contributed by atoms with Crippen molar-refractivity contribution in [1.82, 2.24) is 9.71 Å². The van der Waals surface area contributed by atoms with Crippen molar-refractivity contribution >= 4 is 39.3 Å². The molecule has 0 spiro atoms. The molecule has 0 aliphatic rings. The van der Waals surface area contributed by atoms with Gasteiger partial charge in [-0.15, -0.1) is 0 Å². The molecule has 31 heavy (non-hydrogen) atoms. The Hall–Kier alpha value is -3.55. The average Bonchev–Trinajstić information content (AvgIpc) is 2.80. The fourth-order valence-electron chi connectivity index (χ4n) is 3.19. The predicted molar refractivity (Wildman–Crippen MR) is 126 cm³/mol. The molecule has 0 saturated carbocycles. The monoisotopic (exact) mass is 430 g/mol. The number of nitrogens with zero attached hydrogens (tertiary/aromatic N) is 1. The first-order chi connectivity index (χ1) is 15.0. The van der Waals surface area contributed by atoms with Gasteiger partial charge in [0, 0.05) is 16.6 Å². The summed E-state index contributed by atoms with van der Waals surface area (Å²) in [4.78, 5) is 17.7. The summed E-state index contributed by atoms with van der Waals surface area (Å²) >= 11 is 0. The molecule has 4 rings (SSSR count). The number of rotatable bonds is 6. The van der Waals surface area contributed by atoms with Crippen LogP contribution in [0, 0.1) is 0 Å². The number of fused-ring (bicyclic) bond motifs is 1. The summed E-state index contributed by atoms with van der Waals surface area (Å²) < 4.78 is 15.2. The van der Waals surface area contributed by atoms with Crippen molar-refractivity contribution < 1.29 is 9.00 Å². The Morgan fingerprint density at radius 1 is 0.968 bits per heavy atom. The highest BCUT2D eigenvalue weighted by Crippen LogP contribution is 2.29. The van der Waals surface area contributed by atoms with Gasteiger partial charge in [0.2, 0.25) is 5.91 Å². The van der Waals surface area contributed by atoms with Crippen molar-refractivity contribution in [3.05, 3.63) is 84.9 Å². The Labute approximate surface area is 183 Å². The van der Waals surface area contributed by atoms with E-state index in [1.165, 1.54) is 0 Å². The largest absolute Gasteiger partial charge is 0.383 e. The number of aromatic nitrogens is 1. The lowest BCUT2D eigenvalue weighted by molar-refractivity contribution is -0.117. The first-order valence-corrected chi connectivity index (χ1v) is 11.0. The van der Waals surface area contributed by atoms with E-state index in [9.17, 15) is 9.00 Å². The summed E-state index contributed by atoms with van der Waals surface area (Å²) in [7, 11) is -1.48. The minimum absolute atomic E-state index is 0.282. The number of benzene rings is 3. The molecular formula is C24H22N4O2S. The predicted octanol–water partition coefficient (Wildman–Crippen LogP) is 4.12. The molecule has 0 fully saturated rings. The number of nitrogens with two attached hydrogens (primary N) is 1. The molecule has 7 heteroatoms. The van der Waals surface area contributed by atoms with Gasteiger partial charge in [0.25, 0.3) is 0 Å². The van der Waals surface area contributed by atoms with Crippen LogP contribution in [0.1, 0.15) is 6.92 Å². The Bertz CT molecular complexity index is 1250. The normalized spacial score (nSPS) is 12.9. The van der Waals surface area contributed by atoms with Gasteiger partial charge in [0.1, 0.15) is 16.8 Å². The molecule has 6 nitrogen and oxygen atoms in total. The SMILES string of the molecule is C[C@@H](NS(=O)c1ccccc1)C(=O)Nc1ccc2nc(N)c(-c3ccccc3)cc2c1. The van der Waals surface area contributed by atoms with E-state index in [0.29, 0.717) is 16.4 Å². The number of carbonyl (C=O) groups excluding carboxylic acids is 1.